The summed E-state index contributed by atoms with van der Waals surface area (Å²) in [6, 6.07) is 0. The Bertz CT molecular complexity index is 284. The summed E-state index contributed by atoms with van der Waals surface area (Å²) in [5.74, 6) is 0.955. The van der Waals surface area contributed by atoms with Crippen LogP contribution in [-0.2, 0) is 0 Å². The summed E-state index contributed by atoms with van der Waals surface area (Å²) in [6.45, 7) is 2.34. The number of hydrogen-bond acceptors (Lipinski definition) is 3. The summed E-state index contributed by atoms with van der Waals surface area (Å²) in [6.07, 6.45) is 6.30. The maximum absolute atomic E-state index is 9.22. The van der Waals surface area contributed by atoms with E-state index in [0.717, 1.165) is 11.4 Å². The van der Waals surface area contributed by atoms with Gasteiger partial charge in [0.05, 0.1) is 17.3 Å². The third-order valence-corrected chi connectivity index (χ3v) is 4.40. The third kappa shape index (κ3) is 2.40. The molecule has 0 bridgehead atoms. The lowest BCUT2D eigenvalue weighted by molar-refractivity contribution is 0.262. The highest BCUT2D eigenvalue weighted by Gasteiger charge is 2.21. The Hall–Kier alpha value is -0.410. The van der Waals surface area contributed by atoms with Gasteiger partial charge in [0.1, 0.15) is 0 Å². The van der Waals surface area contributed by atoms with Crippen LogP contribution in [0.15, 0.2) is 5.38 Å². The molecule has 1 aromatic rings. The molecule has 3 heteroatoms. The van der Waals surface area contributed by atoms with E-state index in [1.165, 1.54) is 31.4 Å². The minimum absolute atomic E-state index is 0.230. The number of rotatable bonds is 4. The van der Waals surface area contributed by atoms with Gasteiger partial charge < -0.3 is 5.11 Å². The van der Waals surface area contributed by atoms with Gasteiger partial charge in [0.15, 0.2) is 0 Å². The van der Waals surface area contributed by atoms with Gasteiger partial charge in [-0.05, 0) is 19.3 Å². The fraction of sp³-hybridized carbons (Fsp3) is 0.750. The van der Waals surface area contributed by atoms with Crippen molar-refractivity contribution in [3.8, 4) is 0 Å². The highest BCUT2D eigenvalue weighted by atomic mass is 32.1. The van der Waals surface area contributed by atoms with Gasteiger partial charge in [0, 0.05) is 17.2 Å². The SMILES string of the molecule is CCC(CO)c1nc(C2CCCC2)cs1. The molecule has 1 fully saturated rings. The Morgan fingerprint density at radius 2 is 2.27 bits per heavy atom. The molecule has 15 heavy (non-hydrogen) atoms. The summed E-state index contributed by atoms with van der Waals surface area (Å²) < 4.78 is 0. The summed E-state index contributed by atoms with van der Waals surface area (Å²) in [4.78, 5) is 4.69. The first-order valence-corrected chi connectivity index (χ1v) is 6.79. The molecule has 2 nitrogen and oxygen atoms in total. The number of thiazole rings is 1. The third-order valence-electron chi connectivity index (χ3n) is 3.38. The van der Waals surface area contributed by atoms with Crippen molar-refractivity contribution in [3.05, 3.63) is 16.1 Å². The van der Waals surface area contributed by atoms with E-state index in [-0.39, 0.29) is 12.5 Å². The average molecular weight is 225 g/mol. The molecule has 1 aliphatic rings. The van der Waals surface area contributed by atoms with Gasteiger partial charge in [0.25, 0.3) is 0 Å². The second kappa shape index (κ2) is 5.08. The second-order valence-electron chi connectivity index (χ2n) is 4.38. The Balaban J connectivity index is 2.08. The predicted molar refractivity (Wildman–Crippen MR) is 63.4 cm³/mol. The molecular weight excluding hydrogens is 206 g/mol. The molecule has 1 aromatic heterocycles. The van der Waals surface area contributed by atoms with Crippen LogP contribution < -0.4 is 0 Å². The van der Waals surface area contributed by atoms with Crippen LogP contribution >= 0.6 is 11.3 Å². The maximum Gasteiger partial charge on any atom is 0.0982 e. The lowest BCUT2D eigenvalue weighted by Gasteiger charge is -2.07. The van der Waals surface area contributed by atoms with Crippen LogP contribution in [0.2, 0.25) is 0 Å². The van der Waals surface area contributed by atoms with Crippen LogP contribution in [0.4, 0.5) is 0 Å². The van der Waals surface area contributed by atoms with Gasteiger partial charge in [-0.2, -0.15) is 0 Å². The van der Waals surface area contributed by atoms with E-state index in [2.05, 4.69) is 12.3 Å². The van der Waals surface area contributed by atoms with Crippen LogP contribution in [0.5, 0.6) is 0 Å². The normalized spacial score (nSPS) is 19.6. The first-order valence-electron chi connectivity index (χ1n) is 5.91. The van der Waals surface area contributed by atoms with Crippen LogP contribution in [-0.4, -0.2) is 16.7 Å². The molecule has 0 saturated heterocycles. The standard InChI is InChI=1S/C12H19NOS/c1-2-9(7-14)12-13-11(8-15-12)10-5-3-4-6-10/h8-10,14H,2-7H2,1H3. The zero-order chi connectivity index (χ0) is 10.7. The summed E-state index contributed by atoms with van der Waals surface area (Å²) >= 11 is 1.72. The van der Waals surface area contributed by atoms with Gasteiger partial charge in [-0.25, -0.2) is 4.98 Å². The summed E-state index contributed by atoms with van der Waals surface area (Å²) in [5.41, 5.74) is 1.28. The smallest absolute Gasteiger partial charge is 0.0982 e. The molecule has 0 aromatic carbocycles. The largest absolute Gasteiger partial charge is 0.396 e. The fourth-order valence-corrected chi connectivity index (χ4v) is 3.36. The van der Waals surface area contributed by atoms with Crippen LogP contribution in [0, 0.1) is 0 Å². The lowest BCUT2D eigenvalue weighted by atomic mass is 10.1. The number of hydrogen-bond donors (Lipinski definition) is 1. The van der Waals surface area contributed by atoms with E-state index in [1.807, 2.05) is 0 Å². The topological polar surface area (TPSA) is 33.1 Å². The van der Waals surface area contributed by atoms with Crippen molar-refractivity contribution in [3.63, 3.8) is 0 Å². The number of aromatic nitrogens is 1. The Morgan fingerprint density at radius 1 is 1.53 bits per heavy atom. The average Bonchev–Trinajstić information content (AvgIpc) is 2.89. The Morgan fingerprint density at radius 3 is 2.87 bits per heavy atom. The van der Waals surface area contributed by atoms with E-state index in [0.29, 0.717) is 5.92 Å². The zero-order valence-electron chi connectivity index (χ0n) is 9.28. The first-order chi connectivity index (χ1) is 7.35. The van der Waals surface area contributed by atoms with E-state index in [4.69, 9.17) is 4.98 Å². The number of nitrogens with zero attached hydrogens (tertiary/aromatic N) is 1. The van der Waals surface area contributed by atoms with Crippen molar-refractivity contribution in [2.45, 2.75) is 50.9 Å². The lowest BCUT2D eigenvalue weighted by Crippen LogP contribution is -2.02. The maximum atomic E-state index is 9.22. The van der Waals surface area contributed by atoms with Crippen molar-refractivity contribution in [2.75, 3.05) is 6.61 Å². The molecule has 0 aliphatic heterocycles. The minimum atomic E-state index is 0.230. The van der Waals surface area contributed by atoms with E-state index < -0.39 is 0 Å². The molecule has 2 rings (SSSR count). The van der Waals surface area contributed by atoms with E-state index >= 15 is 0 Å². The molecule has 84 valence electrons. The summed E-state index contributed by atoms with van der Waals surface area (Å²) in [5, 5.41) is 12.5. The van der Waals surface area contributed by atoms with E-state index in [9.17, 15) is 5.11 Å². The van der Waals surface area contributed by atoms with Gasteiger partial charge in [-0.3, -0.25) is 0 Å². The highest BCUT2D eigenvalue weighted by molar-refractivity contribution is 7.09. The molecule has 1 N–H and O–H groups in total. The molecule has 1 saturated carbocycles. The molecule has 1 aliphatic carbocycles. The first kappa shape index (κ1) is 11.1. The number of aliphatic hydroxyl groups excluding tert-OH is 1. The molecule has 1 heterocycles. The van der Waals surface area contributed by atoms with Crippen molar-refractivity contribution >= 4 is 11.3 Å². The van der Waals surface area contributed by atoms with Crippen LogP contribution in [0.3, 0.4) is 0 Å². The second-order valence-corrected chi connectivity index (χ2v) is 5.27. The van der Waals surface area contributed by atoms with Gasteiger partial charge in [-0.15, -0.1) is 11.3 Å². The molecule has 0 amide bonds. The monoisotopic (exact) mass is 225 g/mol. The van der Waals surface area contributed by atoms with Crippen LogP contribution in [0.1, 0.15) is 61.6 Å². The predicted octanol–water partition coefficient (Wildman–Crippen LogP) is 3.29. The van der Waals surface area contributed by atoms with Gasteiger partial charge >= 0.3 is 0 Å². The minimum Gasteiger partial charge on any atom is -0.396 e. The Labute approximate surface area is 95.4 Å². The highest BCUT2D eigenvalue weighted by Crippen LogP contribution is 2.35. The van der Waals surface area contributed by atoms with Gasteiger partial charge in [0.2, 0.25) is 0 Å². The fourth-order valence-electron chi connectivity index (χ4n) is 2.28. The van der Waals surface area contributed by atoms with Gasteiger partial charge in [-0.1, -0.05) is 19.8 Å². The molecule has 0 spiro atoms. The number of aliphatic hydroxyl groups is 1. The molecule has 1 unspecified atom stereocenters. The van der Waals surface area contributed by atoms with Crippen molar-refractivity contribution < 1.29 is 5.11 Å². The van der Waals surface area contributed by atoms with Crippen molar-refractivity contribution in [1.29, 1.82) is 0 Å². The van der Waals surface area contributed by atoms with Crippen molar-refractivity contribution in [2.24, 2.45) is 0 Å². The quantitative estimate of drug-likeness (QED) is 0.853. The molecule has 1 atom stereocenters. The zero-order valence-corrected chi connectivity index (χ0v) is 10.1. The van der Waals surface area contributed by atoms with Crippen molar-refractivity contribution in [1.82, 2.24) is 4.98 Å². The molecular formula is C12H19NOS. The Kier molecular flexibility index (Phi) is 3.76. The van der Waals surface area contributed by atoms with Crippen LogP contribution in [0.25, 0.3) is 0 Å². The molecule has 0 radical (unpaired) electrons. The summed E-state index contributed by atoms with van der Waals surface area (Å²) in [7, 11) is 0. The van der Waals surface area contributed by atoms with E-state index in [1.54, 1.807) is 11.3 Å².